The Morgan fingerprint density at radius 2 is 1.72 bits per heavy atom. The molecule has 1 N–H and O–H groups in total. The first-order chi connectivity index (χ1) is 13.6. The number of hydrogen-bond donors (Lipinski definition) is 1. The smallest absolute Gasteiger partial charge is 0.261 e. The third-order valence-electron chi connectivity index (χ3n) is 4.16. The van der Waals surface area contributed by atoms with Gasteiger partial charge in [-0.3, -0.25) is 4.72 Å². The summed E-state index contributed by atoms with van der Waals surface area (Å²) in [6, 6.07) is 13.6. The van der Waals surface area contributed by atoms with E-state index < -0.39 is 34.3 Å². The van der Waals surface area contributed by atoms with E-state index in [9.17, 15) is 21.6 Å². The third-order valence-corrected chi connectivity index (χ3v) is 5.52. The van der Waals surface area contributed by atoms with Gasteiger partial charge in [0.25, 0.3) is 10.0 Å². The predicted octanol–water partition coefficient (Wildman–Crippen LogP) is 4.31. The number of nitrogens with one attached hydrogen (secondary N) is 1. The fourth-order valence-electron chi connectivity index (χ4n) is 2.92. The summed E-state index contributed by atoms with van der Waals surface area (Å²) in [5.41, 5.74) is -0.756. The molecule has 29 heavy (non-hydrogen) atoms. The van der Waals surface area contributed by atoms with Crippen molar-refractivity contribution in [2.24, 2.45) is 0 Å². The van der Waals surface area contributed by atoms with Crippen LogP contribution in [0.2, 0.25) is 0 Å². The van der Waals surface area contributed by atoms with E-state index >= 15 is 0 Å². The minimum atomic E-state index is -4.81. The SMILES string of the molecule is C#CCn1nc(NS(=O)(=O)c2ccccc2)c(-c2ccccc2C)c1C(F)(F)F. The maximum Gasteiger partial charge on any atom is 0.433 e. The first-order valence-electron chi connectivity index (χ1n) is 8.40. The van der Waals surface area contributed by atoms with Crippen LogP contribution in [-0.2, 0) is 22.7 Å². The summed E-state index contributed by atoms with van der Waals surface area (Å²) in [7, 11) is -4.17. The molecule has 0 bridgehead atoms. The van der Waals surface area contributed by atoms with Crippen molar-refractivity contribution in [1.82, 2.24) is 9.78 Å². The second-order valence-corrected chi connectivity index (χ2v) is 7.85. The number of rotatable bonds is 5. The summed E-state index contributed by atoms with van der Waals surface area (Å²) in [6.07, 6.45) is 0.394. The van der Waals surface area contributed by atoms with E-state index in [1.165, 1.54) is 30.3 Å². The molecule has 0 aliphatic heterocycles. The van der Waals surface area contributed by atoms with E-state index in [1.807, 2.05) is 0 Å². The lowest BCUT2D eigenvalue weighted by Crippen LogP contribution is -2.15. The number of hydrogen-bond acceptors (Lipinski definition) is 3. The first-order valence-corrected chi connectivity index (χ1v) is 9.89. The normalized spacial score (nSPS) is 11.8. The van der Waals surface area contributed by atoms with Gasteiger partial charge in [-0.1, -0.05) is 48.4 Å². The first kappa shape index (κ1) is 20.5. The molecule has 0 aliphatic rings. The molecular weight excluding hydrogens is 403 g/mol. The zero-order valence-corrected chi connectivity index (χ0v) is 16.1. The van der Waals surface area contributed by atoms with Gasteiger partial charge in [-0.05, 0) is 30.2 Å². The summed E-state index contributed by atoms with van der Waals surface area (Å²) in [4.78, 5) is -0.101. The number of aryl methyl sites for hydroxylation is 1. The number of sulfonamides is 1. The van der Waals surface area contributed by atoms with Crippen LogP contribution in [0.4, 0.5) is 19.0 Å². The molecule has 0 radical (unpaired) electrons. The fraction of sp³-hybridized carbons (Fsp3) is 0.150. The summed E-state index contributed by atoms with van der Waals surface area (Å²) >= 11 is 0. The zero-order valence-electron chi connectivity index (χ0n) is 15.2. The summed E-state index contributed by atoms with van der Waals surface area (Å²) in [5.74, 6) is 1.68. The quantitative estimate of drug-likeness (QED) is 0.627. The lowest BCUT2D eigenvalue weighted by atomic mass is 10.00. The molecule has 0 atom stereocenters. The van der Waals surface area contributed by atoms with Gasteiger partial charge >= 0.3 is 6.18 Å². The minimum Gasteiger partial charge on any atom is -0.261 e. The summed E-state index contributed by atoms with van der Waals surface area (Å²) in [6.45, 7) is 1.16. The Morgan fingerprint density at radius 3 is 2.31 bits per heavy atom. The van der Waals surface area contributed by atoms with Crippen molar-refractivity contribution in [3.8, 4) is 23.5 Å². The molecule has 1 heterocycles. The maximum atomic E-state index is 13.9. The summed E-state index contributed by atoms with van der Waals surface area (Å²) in [5, 5.41) is 3.86. The van der Waals surface area contributed by atoms with Crippen molar-refractivity contribution in [2.45, 2.75) is 24.5 Å². The average molecular weight is 419 g/mol. The lowest BCUT2D eigenvalue weighted by molar-refractivity contribution is -0.143. The van der Waals surface area contributed by atoms with Crippen LogP contribution < -0.4 is 4.72 Å². The molecule has 0 spiro atoms. The molecule has 2 aromatic carbocycles. The van der Waals surface area contributed by atoms with E-state index in [1.54, 1.807) is 31.2 Å². The predicted molar refractivity (Wildman–Crippen MR) is 103 cm³/mol. The van der Waals surface area contributed by atoms with Gasteiger partial charge in [-0.2, -0.15) is 18.3 Å². The van der Waals surface area contributed by atoms with Gasteiger partial charge in [-0.15, -0.1) is 6.42 Å². The van der Waals surface area contributed by atoms with Gasteiger partial charge in [0.1, 0.15) is 6.54 Å². The van der Waals surface area contributed by atoms with Gasteiger partial charge in [0.15, 0.2) is 11.5 Å². The Hall–Kier alpha value is -3.25. The molecule has 3 rings (SSSR count). The monoisotopic (exact) mass is 419 g/mol. The fourth-order valence-corrected chi connectivity index (χ4v) is 3.95. The highest BCUT2D eigenvalue weighted by Gasteiger charge is 2.41. The van der Waals surface area contributed by atoms with E-state index in [0.717, 1.165) is 0 Å². The van der Waals surface area contributed by atoms with Crippen LogP contribution in [0.3, 0.4) is 0 Å². The number of anilines is 1. The Morgan fingerprint density at radius 1 is 1.10 bits per heavy atom. The van der Waals surface area contributed by atoms with Gasteiger partial charge in [0, 0.05) is 0 Å². The van der Waals surface area contributed by atoms with Crippen LogP contribution in [0.25, 0.3) is 11.1 Å². The average Bonchev–Trinajstić information content (AvgIpc) is 3.00. The minimum absolute atomic E-state index is 0.101. The van der Waals surface area contributed by atoms with E-state index in [4.69, 9.17) is 6.42 Å². The second kappa shape index (κ2) is 7.64. The molecule has 9 heteroatoms. The highest BCUT2D eigenvalue weighted by molar-refractivity contribution is 7.92. The Balaban J connectivity index is 2.27. The van der Waals surface area contributed by atoms with Gasteiger partial charge in [0.05, 0.1) is 10.5 Å². The number of halogens is 3. The van der Waals surface area contributed by atoms with Crippen LogP contribution in [0.15, 0.2) is 59.5 Å². The highest BCUT2D eigenvalue weighted by Crippen LogP contribution is 2.42. The lowest BCUT2D eigenvalue weighted by Gasteiger charge is -2.13. The van der Waals surface area contributed by atoms with Crippen LogP contribution >= 0.6 is 0 Å². The van der Waals surface area contributed by atoms with Gasteiger partial charge in [0.2, 0.25) is 0 Å². The second-order valence-electron chi connectivity index (χ2n) is 6.17. The third kappa shape index (κ3) is 4.12. The van der Waals surface area contributed by atoms with Crippen molar-refractivity contribution in [3.05, 3.63) is 65.9 Å². The molecule has 0 aliphatic carbocycles. The van der Waals surface area contributed by atoms with Gasteiger partial charge in [-0.25, -0.2) is 13.1 Å². The number of nitrogens with zero attached hydrogens (tertiary/aromatic N) is 2. The van der Waals surface area contributed by atoms with Crippen molar-refractivity contribution in [2.75, 3.05) is 4.72 Å². The number of alkyl halides is 3. The van der Waals surface area contributed by atoms with Crippen molar-refractivity contribution in [3.63, 3.8) is 0 Å². The van der Waals surface area contributed by atoms with Gasteiger partial charge < -0.3 is 0 Å². The number of terminal acetylenes is 1. The Bertz CT molecular complexity index is 1180. The van der Waals surface area contributed by atoms with Crippen LogP contribution in [0.1, 0.15) is 11.3 Å². The molecule has 3 aromatic rings. The number of aromatic nitrogens is 2. The Labute approximate surface area is 166 Å². The van der Waals surface area contributed by atoms with E-state index in [0.29, 0.717) is 10.2 Å². The molecule has 0 saturated heterocycles. The van der Waals surface area contributed by atoms with Crippen molar-refractivity contribution >= 4 is 15.8 Å². The molecule has 1 aromatic heterocycles. The molecule has 0 amide bonds. The molecular formula is C20H16F3N3O2S. The molecule has 5 nitrogen and oxygen atoms in total. The standard InChI is InChI=1S/C20H16F3N3O2S/c1-3-13-26-18(20(21,22)23)17(16-12-8-7-9-14(16)2)19(24-26)25-29(27,28)15-10-5-4-6-11-15/h1,4-12H,13H2,2H3,(H,24,25). The molecule has 0 unspecified atom stereocenters. The van der Waals surface area contributed by atoms with E-state index in [-0.39, 0.29) is 16.0 Å². The largest absolute Gasteiger partial charge is 0.433 e. The molecule has 0 fully saturated rings. The van der Waals surface area contributed by atoms with Crippen LogP contribution in [0.5, 0.6) is 0 Å². The maximum absolute atomic E-state index is 13.9. The zero-order chi connectivity index (χ0) is 21.2. The highest BCUT2D eigenvalue weighted by atomic mass is 32.2. The molecule has 150 valence electrons. The topological polar surface area (TPSA) is 64.0 Å². The summed E-state index contributed by atoms with van der Waals surface area (Å²) < 4.78 is 69.9. The van der Waals surface area contributed by atoms with Crippen molar-refractivity contribution < 1.29 is 21.6 Å². The number of benzene rings is 2. The van der Waals surface area contributed by atoms with E-state index in [2.05, 4.69) is 15.7 Å². The Kier molecular flexibility index (Phi) is 5.40. The molecule has 0 saturated carbocycles. The van der Waals surface area contributed by atoms with Crippen LogP contribution in [0, 0.1) is 19.3 Å². The van der Waals surface area contributed by atoms with Crippen molar-refractivity contribution in [1.29, 1.82) is 0 Å². The van der Waals surface area contributed by atoms with Crippen LogP contribution in [-0.4, -0.2) is 18.2 Å².